The van der Waals surface area contributed by atoms with Gasteiger partial charge in [0, 0.05) is 38.6 Å². The van der Waals surface area contributed by atoms with E-state index >= 15 is 0 Å². The molecule has 5 heteroatoms. The zero-order valence-electron chi connectivity index (χ0n) is 12.7. The highest BCUT2D eigenvalue weighted by Gasteiger charge is 2.22. The Hall–Kier alpha value is -0.650. The number of nitrogens with one attached hydrogen (secondary N) is 1. The molecule has 2 unspecified atom stereocenters. The highest BCUT2D eigenvalue weighted by atomic mass is 16.1. The van der Waals surface area contributed by atoms with Crippen LogP contribution in [-0.2, 0) is 4.79 Å². The Labute approximate surface area is 117 Å². The fourth-order valence-electron chi connectivity index (χ4n) is 2.45. The topological polar surface area (TPSA) is 61.6 Å². The van der Waals surface area contributed by atoms with Crippen LogP contribution in [0.5, 0.6) is 0 Å². The van der Waals surface area contributed by atoms with Crippen molar-refractivity contribution in [2.24, 2.45) is 11.7 Å². The summed E-state index contributed by atoms with van der Waals surface area (Å²) < 4.78 is 0. The van der Waals surface area contributed by atoms with E-state index in [-0.39, 0.29) is 5.91 Å². The molecule has 0 saturated carbocycles. The van der Waals surface area contributed by atoms with Crippen LogP contribution < -0.4 is 11.1 Å². The number of nitrogens with zero attached hydrogens (tertiary/aromatic N) is 2. The maximum Gasteiger partial charge on any atom is 0.220 e. The average Bonchev–Trinajstić information content (AvgIpc) is 2.38. The van der Waals surface area contributed by atoms with Gasteiger partial charge in [0.25, 0.3) is 0 Å². The Morgan fingerprint density at radius 1 is 1.37 bits per heavy atom. The maximum absolute atomic E-state index is 11.8. The van der Waals surface area contributed by atoms with Gasteiger partial charge in [0.1, 0.15) is 0 Å². The van der Waals surface area contributed by atoms with Crippen molar-refractivity contribution in [3.05, 3.63) is 0 Å². The summed E-state index contributed by atoms with van der Waals surface area (Å²) >= 11 is 0. The van der Waals surface area contributed by atoms with Crippen molar-refractivity contribution in [1.82, 2.24) is 15.1 Å². The standard InChI is InChI=1S/C14H30N4O/c1-12(6-7-15)4-5-14(19)16-10-13-11-17(2)8-9-18(13)3/h12-13H,4-11,15H2,1-3H3,(H,16,19). The number of carbonyl (C=O) groups is 1. The summed E-state index contributed by atoms with van der Waals surface area (Å²) in [5.74, 6) is 0.713. The molecule has 0 bridgehead atoms. The minimum Gasteiger partial charge on any atom is -0.354 e. The number of hydrogen-bond acceptors (Lipinski definition) is 4. The second-order valence-electron chi connectivity index (χ2n) is 5.92. The van der Waals surface area contributed by atoms with Crippen LogP contribution in [0.1, 0.15) is 26.2 Å². The van der Waals surface area contributed by atoms with E-state index in [2.05, 4.69) is 36.1 Å². The summed E-state index contributed by atoms with van der Waals surface area (Å²) in [4.78, 5) is 16.5. The van der Waals surface area contributed by atoms with Gasteiger partial charge in [-0.05, 0) is 39.4 Å². The highest BCUT2D eigenvalue weighted by molar-refractivity contribution is 5.75. The van der Waals surface area contributed by atoms with Crippen molar-refractivity contribution in [1.29, 1.82) is 0 Å². The molecular formula is C14H30N4O. The molecule has 112 valence electrons. The monoisotopic (exact) mass is 270 g/mol. The molecule has 1 aliphatic rings. The molecule has 2 atom stereocenters. The van der Waals surface area contributed by atoms with Crippen LogP contribution in [0.4, 0.5) is 0 Å². The van der Waals surface area contributed by atoms with Gasteiger partial charge in [0.2, 0.25) is 5.91 Å². The highest BCUT2D eigenvalue weighted by Crippen LogP contribution is 2.09. The van der Waals surface area contributed by atoms with Crippen molar-refractivity contribution < 1.29 is 4.79 Å². The van der Waals surface area contributed by atoms with Crippen LogP contribution in [0.2, 0.25) is 0 Å². The maximum atomic E-state index is 11.8. The fraction of sp³-hybridized carbons (Fsp3) is 0.929. The van der Waals surface area contributed by atoms with Crippen molar-refractivity contribution in [3.8, 4) is 0 Å². The molecule has 1 amide bonds. The third-order valence-corrected chi connectivity index (χ3v) is 4.04. The van der Waals surface area contributed by atoms with Gasteiger partial charge in [-0.15, -0.1) is 0 Å². The second kappa shape index (κ2) is 8.51. The largest absolute Gasteiger partial charge is 0.354 e. The summed E-state index contributed by atoms with van der Waals surface area (Å²) in [6, 6.07) is 0.434. The third kappa shape index (κ3) is 6.36. The number of likely N-dealkylation sites (N-methyl/N-ethyl adjacent to an activating group) is 2. The van der Waals surface area contributed by atoms with Crippen molar-refractivity contribution in [3.63, 3.8) is 0 Å². The molecule has 19 heavy (non-hydrogen) atoms. The molecule has 0 radical (unpaired) electrons. The van der Waals surface area contributed by atoms with E-state index in [4.69, 9.17) is 5.73 Å². The van der Waals surface area contributed by atoms with Crippen LogP contribution in [0.15, 0.2) is 0 Å². The van der Waals surface area contributed by atoms with E-state index in [0.29, 0.717) is 24.9 Å². The summed E-state index contributed by atoms with van der Waals surface area (Å²) in [6.45, 7) is 6.83. The zero-order valence-corrected chi connectivity index (χ0v) is 12.7. The molecule has 0 aromatic carbocycles. The zero-order chi connectivity index (χ0) is 14.3. The molecule has 1 heterocycles. The second-order valence-corrected chi connectivity index (χ2v) is 5.92. The van der Waals surface area contributed by atoms with Gasteiger partial charge in [0.15, 0.2) is 0 Å². The molecule has 0 spiro atoms. The molecule has 1 fully saturated rings. The van der Waals surface area contributed by atoms with Crippen molar-refractivity contribution >= 4 is 5.91 Å². The van der Waals surface area contributed by atoms with Gasteiger partial charge < -0.3 is 16.0 Å². The van der Waals surface area contributed by atoms with Crippen LogP contribution in [0, 0.1) is 5.92 Å². The smallest absolute Gasteiger partial charge is 0.220 e. The van der Waals surface area contributed by atoms with Crippen LogP contribution in [0.25, 0.3) is 0 Å². The summed E-state index contributed by atoms with van der Waals surface area (Å²) in [5.41, 5.74) is 5.51. The lowest BCUT2D eigenvalue weighted by molar-refractivity contribution is -0.121. The average molecular weight is 270 g/mol. The van der Waals surface area contributed by atoms with Crippen LogP contribution >= 0.6 is 0 Å². The number of hydrogen-bond donors (Lipinski definition) is 2. The van der Waals surface area contributed by atoms with E-state index in [1.807, 2.05) is 0 Å². The fourth-order valence-corrected chi connectivity index (χ4v) is 2.45. The molecule has 5 nitrogen and oxygen atoms in total. The van der Waals surface area contributed by atoms with Gasteiger partial charge in [-0.3, -0.25) is 9.69 Å². The SMILES string of the molecule is CC(CCN)CCC(=O)NCC1CN(C)CCN1C. The lowest BCUT2D eigenvalue weighted by atomic mass is 10.0. The van der Waals surface area contributed by atoms with E-state index in [1.54, 1.807) is 0 Å². The first-order valence-electron chi connectivity index (χ1n) is 7.38. The Kier molecular flexibility index (Phi) is 7.34. The molecule has 3 N–H and O–H groups in total. The third-order valence-electron chi connectivity index (χ3n) is 4.04. The molecule has 0 aliphatic carbocycles. The Bertz CT molecular complexity index is 272. The van der Waals surface area contributed by atoms with Gasteiger partial charge >= 0.3 is 0 Å². The predicted molar refractivity (Wildman–Crippen MR) is 79.0 cm³/mol. The minimum absolute atomic E-state index is 0.172. The lowest BCUT2D eigenvalue weighted by Gasteiger charge is -2.37. The number of nitrogens with two attached hydrogens (primary N) is 1. The Morgan fingerprint density at radius 2 is 2.11 bits per heavy atom. The quantitative estimate of drug-likeness (QED) is 0.689. The van der Waals surface area contributed by atoms with Gasteiger partial charge in [-0.1, -0.05) is 6.92 Å². The number of amides is 1. The predicted octanol–water partition coefficient (Wildman–Crippen LogP) is 0.114. The van der Waals surface area contributed by atoms with Crippen molar-refractivity contribution in [2.75, 3.05) is 46.8 Å². The molecule has 0 aromatic heterocycles. The van der Waals surface area contributed by atoms with E-state index in [9.17, 15) is 4.79 Å². The van der Waals surface area contributed by atoms with E-state index < -0.39 is 0 Å². The van der Waals surface area contributed by atoms with Gasteiger partial charge in [-0.25, -0.2) is 0 Å². The summed E-state index contributed by atoms with van der Waals surface area (Å²) in [5, 5.41) is 3.06. The van der Waals surface area contributed by atoms with Crippen molar-refractivity contribution in [2.45, 2.75) is 32.2 Å². The molecular weight excluding hydrogens is 240 g/mol. The number of rotatable bonds is 7. The lowest BCUT2D eigenvalue weighted by Crippen LogP contribution is -2.54. The first kappa shape index (κ1) is 16.4. The summed E-state index contributed by atoms with van der Waals surface area (Å²) in [7, 11) is 4.27. The first-order valence-corrected chi connectivity index (χ1v) is 7.38. The number of carbonyl (C=O) groups excluding carboxylic acids is 1. The van der Waals surface area contributed by atoms with Crippen LogP contribution in [-0.4, -0.2) is 68.6 Å². The Balaban J connectivity index is 2.18. The Morgan fingerprint density at radius 3 is 2.79 bits per heavy atom. The van der Waals surface area contributed by atoms with Gasteiger partial charge in [-0.2, -0.15) is 0 Å². The van der Waals surface area contributed by atoms with Crippen LogP contribution in [0.3, 0.4) is 0 Å². The summed E-state index contributed by atoms with van der Waals surface area (Å²) in [6.07, 6.45) is 2.56. The number of piperazine rings is 1. The molecule has 1 aliphatic heterocycles. The molecule has 1 saturated heterocycles. The normalized spacial score (nSPS) is 23.3. The first-order chi connectivity index (χ1) is 9.02. The molecule has 1 rings (SSSR count). The minimum atomic E-state index is 0.172. The van der Waals surface area contributed by atoms with E-state index in [1.165, 1.54) is 0 Å². The van der Waals surface area contributed by atoms with Gasteiger partial charge in [0.05, 0.1) is 0 Å². The molecule has 0 aromatic rings. The van der Waals surface area contributed by atoms with E-state index in [0.717, 1.165) is 39.0 Å².